The van der Waals surface area contributed by atoms with Crippen molar-refractivity contribution in [2.24, 2.45) is 0 Å². The molecule has 0 spiro atoms. The molecule has 1 aromatic carbocycles. The summed E-state index contributed by atoms with van der Waals surface area (Å²) < 4.78 is 45.7. The molecule has 2 aromatic rings. The summed E-state index contributed by atoms with van der Waals surface area (Å²) in [5.74, 6) is -0.107. The van der Waals surface area contributed by atoms with Crippen molar-refractivity contribution in [1.82, 2.24) is 4.98 Å². The number of carbonyl (C=O) groups excluding carboxylic acids is 1. The van der Waals surface area contributed by atoms with Crippen molar-refractivity contribution in [2.75, 3.05) is 9.80 Å². The summed E-state index contributed by atoms with van der Waals surface area (Å²) in [5, 5.41) is 9.02. The second-order valence-corrected chi connectivity index (χ2v) is 8.04. The molecule has 0 saturated carbocycles. The quantitative estimate of drug-likeness (QED) is 0.633. The van der Waals surface area contributed by atoms with Gasteiger partial charge in [0, 0.05) is 6.07 Å². The van der Waals surface area contributed by atoms with Gasteiger partial charge >= 0.3 is 6.18 Å². The Morgan fingerprint density at radius 1 is 1.19 bits per heavy atom. The van der Waals surface area contributed by atoms with E-state index in [0.717, 1.165) is 17.0 Å². The Labute approximate surface area is 182 Å². The summed E-state index contributed by atoms with van der Waals surface area (Å²) in [5.41, 5.74) is -2.41. The largest absolute Gasteiger partial charge is 0.475 e. The summed E-state index contributed by atoms with van der Waals surface area (Å²) in [6.07, 6.45) is -3.34. The van der Waals surface area contributed by atoms with E-state index in [4.69, 9.17) is 22.2 Å². The van der Waals surface area contributed by atoms with Crippen LogP contribution in [0.25, 0.3) is 0 Å². The van der Waals surface area contributed by atoms with E-state index in [2.05, 4.69) is 4.98 Å². The van der Waals surface area contributed by atoms with Gasteiger partial charge in [0.25, 0.3) is 5.91 Å². The minimum Gasteiger partial charge on any atom is -0.475 e. The molecule has 1 aliphatic heterocycles. The van der Waals surface area contributed by atoms with E-state index >= 15 is 0 Å². The van der Waals surface area contributed by atoms with Crippen molar-refractivity contribution in [3.8, 4) is 11.9 Å². The van der Waals surface area contributed by atoms with E-state index in [-0.39, 0.29) is 16.9 Å². The van der Waals surface area contributed by atoms with Crippen molar-refractivity contribution < 1.29 is 22.7 Å². The minimum atomic E-state index is -4.75. The van der Waals surface area contributed by atoms with E-state index in [0.29, 0.717) is 11.6 Å². The fourth-order valence-electron chi connectivity index (χ4n) is 3.28. The van der Waals surface area contributed by atoms with Gasteiger partial charge in [0.05, 0.1) is 40.9 Å². The second kappa shape index (κ2) is 7.81. The van der Waals surface area contributed by atoms with E-state index < -0.39 is 28.7 Å². The van der Waals surface area contributed by atoms with Crippen LogP contribution < -0.4 is 14.5 Å². The summed E-state index contributed by atoms with van der Waals surface area (Å²) >= 11 is 5.48. The van der Waals surface area contributed by atoms with Crippen molar-refractivity contribution in [3.63, 3.8) is 0 Å². The molecule has 0 N–H and O–H groups in total. The summed E-state index contributed by atoms with van der Waals surface area (Å²) in [6.45, 7) is 6.96. The monoisotopic (exact) mass is 448 g/mol. The molecule has 1 fully saturated rings. The number of benzene rings is 1. The Bertz CT molecular complexity index is 1080. The zero-order valence-corrected chi connectivity index (χ0v) is 18.0. The van der Waals surface area contributed by atoms with Crippen LogP contribution in [0.2, 0.25) is 0 Å². The average molecular weight is 448 g/mol. The van der Waals surface area contributed by atoms with Gasteiger partial charge in [-0.05, 0) is 64.2 Å². The van der Waals surface area contributed by atoms with Crippen molar-refractivity contribution in [1.29, 1.82) is 5.26 Å². The summed E-state index contributed by atoms with van der Waals surface area (Å²) in [6, 6.07) is 7.90. The van der Waals surface area contributed by atoms with Gasteiger partial charge in [-0.2, -0.15) is 18.4 Å². The molecule has 1 saturated heterocycles. The van der Waals surface area contributed by atoms with E-state index in [1.165, 1.54) is 23.2 Å². The zero-order chi connectivity index (χ0) is 23.1. The topological polar surface area (TPSA) is 69.5 Å². The van der Waals surface area contributed by atoms with Gasteiger partial charge in [0.2, 0.25) is 5.88 Å². The first-order chi connectivity index (χ1) is 14.4. The van der Waals surface area contributed by atoms with Gasteiger partial charge in [-0.1, -0.05) is 0 Å². The molecule has 2 heterocycles. The number of amides is 1. The lowest BCUT2D eigenvalue weighted by molar-refractivity contribution is -0.137. The van der Waals surface area contributed by atoms with Crippen LogP contribution in [0.3, 0.4) is 0 Å². The Kier molecular flexibility index (Phi) is 5.67. The van der Waals surface area contributed by atoms with E-state index in [9.17, 15) is 18.0 Å². The number of ether oxygens (including phenoxy) is 1. The highest BCUT2D eigenvalue weighted by Crippen LogP contribution is 2.39. The molecular weight excluding hydrogens is 429 g/mol. The van der Waals surface area contributed by atoms with Crippen molar-refractivity contribution >= 4 is 34.6 Å². The van der Waals surface area contributed by atoms with E-state index in [1.807, 2.05) is 13.8 Å². The van der Waals surface area contributed by atoms with E-state index in [1.54, 1.807) is 26.0 Å². The number of nitrogens with zero attached hydrogens (tertiary/aromatic N) is 4. The molecule has 0 unspecified atom stereocenters. The number of alkyl halides is 3. The molecule has 1 aliphatic rings. The molecule has 10 heteroatoms. The predicted molar refractivity (Wildman–Crippen MR) is 113 cm³/mol. The first kappa shape index (κ1) is 22.5. The Balaban J connectivity index is 2.03. The maximum atomic E-state index is 13.4. The molecule has 0 atom stereocenters. The number of thiocarbonyl (C=S) groups is 1. The number of halogens is 3. The SMILES string of the molecule is CC(C)Oc1ccc(N2C(=S)N(c3ccc(C#N)c(C(F)(F)F)c3)C(=O)C2(C)C)cn1. The highest BCUT2D eigenvalue weighted by atomic mass is 32.1. The number of carbonyl (C=O) groups is 1. The second-order valence-electron chi connectivity index (χ2n) is 7.68. The van der Waals surface area contributed by atoms with Crippen LogP contribution in [0, 0.1) is 11.3 Å². The Morgan fingerprint density at radius 2 is 1.84 bits per heavy atom. The lowest BCUT2D eigenvalue weighted by Crippen LogP contribution is -2.44. The molecule has 0 aliphatic carbocycles. The van der Waals surface area contributed by atoms with Gasteiger partial charge in [0.15, 0.2) is 5.11 Å². The number of rotatable bonds is 4. The third-order valence-corrected chi connectivity index (χ3v) is 5.06. The maximum absolute atomic E-state index is 13.4. The van der Waals surface area contributed by atoms with Gasteiger partial charge < -0.3 is 9.64 Å². The molecule has 6 nitrogen and oxygen atoms in total. The molecule has 1 amide bonds. The first-order valence-electron chi connectivity index (χ1n) is 9.30. The van der Waals surface area contributed by atoms with Gasteiger partial charge in [-0.3, -0.25) is 9.69 Å². The number of nitriles is 1. The van der Waals surface area contributed by atoms with Crippen LogP contribution in [0.1, 0.15) is 38.8 Å². The number of anilines is 2. The molecule has 31 heavy (non-hydrogen) atoms. The molecule has 162 valence electrons. The van der Waals surface area contributed by atoms with Gasteiger partial charge in [0.1, 0.15) is 5.54 Å². The van der Waals surface area contributed by atoms with Crippen LogP contribution in [0.5, 0.6) is 5.88 Å². The van der Waals surface area contributed by atoms with Crippen LogP contribution >= 0.6 is 12.2 Å². The smallest absolute Gasteiger partial charge is 0.417 e. The Morgan fingerprint density at radius 3 is 2.35 bits per heavy atom. The lowest BCUT2D eigenvalue weighted by atomic mass is 10.0. The lowest BCUT2D eigenvalue weighted by Gasteiger charge is -2.29. The summed E-state index contributed by atoms with van der Waals surface area (Å²) in [7, 11) is 0. The number of pyridine rings is 1. The highest BCUT2D eigenvalue weighted by Gasteiger charge is 2.50. The number of hydrogen-bond donors (Lipinski definition) is 0. The van der Waals surface area contributed by atoms with Gasteiger partial charge in [-0.25, -0.2) is 4.98 Å². The van der Waals surface area contributed by atoms with Crippen molar-refractivity contribution in [3.05, 3.63) is 47.7 Å². The van der Waals surface area contributed by atoms with Crippen LogP contribution in [0.4, 0.5) is 24.5 Å². The minimum absolute atomic E-state index is 0.00663. The molecular formula is C21H19F3N4O2S. The van der Waals surface area contributed by atoms with Gasteiger partial charge in [-0.15, -0.1) is 0 Å². The molecule has 3 rings (SSSR count). The standard InChI is InChI=1S/C21H19F3N4O2S/c1-12(2)30-17-8-7-15(11-26-17)28-19(31)27(18(29)20(28,3)4)14-6-5-13(10-25)16(9-14)21(22,23)24/h5-9,11-12H,1-4H3. The predicted octanol–water partition coefficient (Wildman–Crippen LogP) is 4.68. The molecule has 0 bridgehead atoms. The maximum Gasteiger partial charge on any atom is 0.417 e. The average Bonchev–Trinajstić information content (AvgIpc) is 2.85. The Hall–Kier alpha value is -3.19. The van der Waals surface area contributed by atoms with Crippen LogP contribution in [0.15, 0.2) is 36.5 Å². The number of hydrogen-bond acceptors (Lipinski definition) is 5. The third kappa shape index (κ3) is 4.05. The molecule has 1 aromatic heterocycles. The van der Waals surface area contributed by atoms with Crippen LogP contribution in [-0.2, 0) is 11.0 Å². The summed E-state index contributed by atoms with van der Waals surface area (Å²) in [4.78, 5) is 19.9. The zero-order valence-electron chi connectivity index (χ0n) is 17.2. The molecule has 0 radical (unpaired) electrons. The highest BCUT2D eigenvalue weighted by molar-refractivity contribution is 7.81. The normalized spacial score (nSPS) is 16.1. The third-order valence-electron chi connectivity index (χ3n) is 4.69. The van der Waals surface area contributed by atoms with Crippen molar-refractivity contribution in [2.45, 2.75) is 45.5 Å². The fourth-order valence-corrected chi connectivity index (χ4v) is 3.80. The fraction of sp³-hybridized carbons (Fsp3) is 0.333. The first-order valence-corrected chi connectivity index (χ1v) is 9.71. The number of aromatic nitrogens is 1. The van der Waals surface area contributed by atoms with Crippen LogP contribution in [-0.4, -0.2) is 27.6 Å².